The number of rotatable bonds is 3. The molecule has 0 saturated carbocycles. The molecule has 0 unspecified atom stereocenters. The molecule has 0 fully saturated rings. The molecule has 1 atom stereocenters. The molecule has 0 bridgehead atoms. The van der Waals surface area contributed by atoms with E-state index in [1.54, 1.807) is 30.5 Å². The number of aromatic nitrogens is 1. The van der Waals surface area contributed by atoms with E-state index in [1.807, 2.05) is 13.0 Å². The van der Waals surface area contributed by atoms with Crippen LogP contribution in [0.25, 0.3) is 0 Å². The highest BCUT2D eigenvalue weighted by atomic mass is 35.5. The Kier molecular flexibility index (Phi) is 4.07. The summed E-state index contributed by atoms with van der Waals surface area (Å²) >= 11 is 11.9. The Morgan fingerprint density at radius 3 is 2.61 bits per heavy atom. The van der Waals surface area contributed by atoms with Crippen LogP contribution in [0.15, 0.2) is 36.5 Å². The fourth-order valence-corrected chi connectivity index (χ4v) is 1.72. The molecule has 0 aliphatic carbocycles. The average molecular weight is 283 g/mol. The minimum Gasteiger partial charge on any atom is -0.454 e. The Bertz CT molecular complexity index is 541. The third-order valence-electron chi connectivity index (χ3n) is 2.35. The number of nitrogens with zero attached hydrogens (tertiary/aromatic N) is 1. The standard InChI is InChI=1S/C13H12Cl2N2O/c1-8(16)12-5-3-10(7-17-12)18-13-6-9(14)2-4-11(13)15/h2-8H,16H2,1H3/t8-/m0/s1. The summed E-state index contributed by atoms with van der Waals surface area (Å²) < 4.78 is 5.60. The van der Waals surface area contributed by atoms with Crippen LogP contribution in [0.3, 0.4) is 0 Å². The molecule has 1 aromatic carbocycles. The maximum Gasteiger partial charge on any atom is 0.147 e. The minimum atomic E-state index is -0.103. The summed E-state index contributed by atoms with van der Waals surface area (Å²) in [7, 11) is 0. The van der Waals surface area contributed by atoms with E-state index in [9.17, 15) is 0 Å². The number of pyridine rings is 1. The van der Waals surface area contributed by atoms with Crippen molar-refractivity contribution in [3.05, 3.63) is 52.3 Å². The number of hydrogen-bond donors (Lipinski definition) is 1. The number of ether oxygens (including phenoxy) is 1. The monoisotopic (exact) mass is 282 g/mol. The van der Waals surface area contributed by atoms with E-state index < -0.39 is 0 Å². The molecule has 0 spiro atoms. The van der Waals surface area contributed by atoms with Gasteiger partial charge in [-0.25, -0.2) is 0 Å². The lowest BCUT2D eigenvalue weighted by Gasteiger charge is -2.09. The van der Waals surface area contributed by atoms with Crippen LogP contribution in [0.2, 0.25) is 10.0 Å². The number of hydrogen-bond acceptors (Lipinski definition) is 3. The molecule has 3 nitrogen and oxygen atoms in total. The highest BCUT2D eigenvalue weighted by Gasteiger charge is 2.06. The first-order valence-corrected chi connectivity index (χ1v) is 6.16. The van der Waals surface area contributed by atoms with Crippen LogP contribution in [0, 0.1) is 0 Å². The molecular formula is C13H12Cl2N2O. The molecule has 18 heavy (non-hydrogen) atoms. The van der Waals surface area contributed by atoms with Gasteiger partial charge in [-0.15, -0.1) is 0 Å². The SMILES string of the molecule is C[C@H](N)c1ccc(Oc2cc(Cl)ccc2Cl)cn1. The van der Waals surface area contributed by atoms with Crippen molar-refractivity contribution < 1.29 is 4.74 Å². The molecule has 5 heteroatoms. The number of nitrogens with two attached hydrogens (primary N) is 1. The summed E-state index contributed by atoms with van der Waals surface area (Å²) in [6.45, 7) is 1.87. The molecule has 0 aliphatic heterocycles. The average Bonchev–Trinajstić information content (AvgIpc) is 2.34. The smallest absolute Gasteiger partial charge is 0.147 e. The first-order chi connectivity index (χ1) is 8.56. The molecule has 0 radical (unpaired) electrons. The van der Waals surface area contributed by atoms with Gasteiger partial charge in [0.1, 0.15) is 11.5 Å². The molecule has 2 rings (SSSR count). The van der Waals surface area contributed by atoms with Gasteiger partial charge < -0.3 is 10.5 Å². The molecule has 2 aromatic rings. The fourth-order valence-electron chi connectivity index (χ4n) is 1.40. The summed E-state index contributed by atoms with van der Waals surface area (Å²) in [5.41, 5.74) is 6.52. The molecule has 1 aromatic heterocycles. The van der Waals surface area contributed by atoms with E-state index in [1.165, 1.54) is 0 Å². The predicted octanol–water partition coefficient (Wildman–Crippen LogP) is 4.20. The van der Waals surface area contributed by atoms with Crippen molar-refractivity contribution in [1.82, 2.24) is 4.98 Å². The van der Waals surface area contributed by atoms with Crippen LogP contribution in [-0.4, -0.2) is 4.98 Å². The maximum atomic E-state index is 6.00. The largest absolute Gasteiger partial charge is 0.454 e. The van der Waals surface area contributed by atoms with Gasteiger partial charge in [0.15, 0.2) is 0 Å². The third-order valence-corrected chi connectivity index (χ3v) is 2.89. The Morgan fingerprint density at radius 2 is 2.00 bits per heavy atom. The first kappa shape index (κ1) is 13.1. The number of benzene rings is 1. The van der Waals surface area contributed by atoms with Gasteiger partial charge in [-0.05, 0) is 31.2 Å². The first-order valence-electron chi connectivity index (χ1n) is 5.40. The second-order valence-corrected chi connectivity index (χ2v) is 4.73. The molecule has 94 valence electrons. The van der Waals surface area contributed by atoms with E-state index >= 15 is 0 Å². The van der Waals surface area contributed by atoms with Gasteiger partial charge >= 0.3 is 0 Å². The summed E-state index contributed by atoms with van der Waals surface area (Å²) in [4.78, 5) is 4.20. The van der Waals surface area contributed by atoms with Crippen LogP contribution in [0.5, 0.6) is 11.5 Å². The van der Waals surface area contributed by atoms with E-state index in [0.717, 1.165) is 5.69 Å². The number of halogens is 2. The molecule has 0 saturated heterocycles. The van der Waals surface area contributed by atoms with E-state index in [2.05, 4.69) is 4.98 Å². The van der Waals surface area contributed by atoms with E-state index in [4.69, 9.17) is 33.7 Å². The second kappa shape index (κ2) is 5.57. The Balaban J connectivity index is 2.21. The molecule has 0 amide bonds. The van der Waals surface area contributed by atoms with Crippen molar-refractivity contribution in [1.29, 1.82) is 0 Å². The van der Waals surface area contributed by atoms with E-state index in [-0.39, 0.29) is 6.04 Å². The van der Waals surface area contributed by atoms with Gasteiger partial charge in [-0.3, -0.25) is 4.98 Å². The summed E-state index contributed by atoms with van der Waals surface area (Å²) in [6.07, 6.45) is 1.61. The quantitative estimate of drug-likeness (QED) is 0.918. The third kappa shape index (κ3) is 3.13. The molecular weight excluding hydrogens is 271 g/mol. The molecule has 1 heterocycles. The van der Waals surface area contributed by atoms with Gasteiger partial charge in [0.25, 0.3) is 0 Å². The van der Waals surface area contributed by atoms with Crippen LogP contribution < -0.4 is 10.5 Å². The van der Waals surface area contributed by atoms with Crippen LogP contribution >= 0.6 is 23.2 Å². The van der Waals surface area contributed by atoms with E-state index in [0.29, 0.717) is 21.5 Å². The maximum absolute atomic E-state index is 6.00. The summed E-state index contributed by atoms with van der Waals surface area (Å²) in [5.74, 6) is 1.09. The van der Waals surface area contributed by atoms with Gasteiger partial charge in [0, 0.05) is 17.1 Å². The van der Waals surface area contributed by atoms with Crippen LogP contribution in [-0.2, 0) is 0 Å². The minimum absolute atomic E-state index is 0.103. The van der Waals surface area contributed by atoms with Crippen LogP contribution in [0.4, 0.5) is 0 Å². The lowest BCUT2D eigenvalue weighted by atomic mass is 10.2. The van der Waals surface area contributed by atoms with Crippen molar-refractivity contribution >= 4 is 23.2 Å². The van der Waals surface area contributed by atoms with Gasteiger partial charge in [0.2, 0.25) is 0 Å². The second-order valence-electron chi connectivity index (χ2n) is 3.88. The highest BCUT2D eigenvalue weighted by molar-refractivity contribution is 6.34. The zero-order chi connectivity index (χ0) is 13.1. The summed E-state index contributed by atoms with van der Waals surface area (Å²) in [6, 6.07) is 8.55. The zero-order valence-electron chi connectivity index (χ0n) is 9.73. The van der Waals surface area contributed by atoms with Crippen LogP contribution in [0.1, 0.15) is 18.7 Å². The molecule has 0 aliphatic rings. The normalized spacial score (nSPS) is 12.2. The zero-order valence-corrected chi connectivity index (χ0v) is 11.2. The van der Waals surface area contributed by atoms with Crippen molar-refractivity contribution in [2.45, 2.75) is 13.0 Å². The predicted molar refractivity (Wildman–Crippen MR) is 73.4 cm³/mol. The lowest BCUT2D eigenvalue weighted by molar-refractivity contribution is 0.479. The van der Waals surface area contributed by atoms with Crippen molar-refractivity contribution in [2.75, 3.05) is 0 Å². The molecule has 2 N–H and O–H groups in total. The summed E-state index contributed by atoms with van der Waals surface area (Å²) in [5, 5.41) is 1.06. The van der Waals surface area contributed by atoms with Crippen molar-refractivity contribution in [2.24, 2.45) is 5.73 Å². The topological polar surface area (TPSA) is 48.1 Å². The Labute approximate surface area is 115 Å². The van der Waals surface area contributed by atoms with Crippen molar-refractivity contribution in [3.63, 3.8) is 0 Å². The Hall–Kier alpha value is -1.29. The van der Waals surface area contributed by atoms with Gasteiger partial charge in [0.05, 0.1) is 16.9 Å². The lowest BCUT2D eigenvalue weighted by Crippen LogP contribution is -2.06. The van der Waals surface area contributed by atoms with Gasteiger partial charge in [-0.2, -0.15) is 0 Å². The highest BCUT2D eigenvalue weighted by Crippen LogP contribution is 2.31. The fraction of sp³-hybridized carbons (Fsp3) is 0.154. The van der Waals surface area contributed by atoms with Crippen molar-refractivity contribution in [3.8, 4) is 11.5 Å². The van der Waals surface area contributed by atoms with Gasteiger partial charge in [-0.1, -0.05) is 23.2 Å². The Morgan fingerprint density at radius 1 is 1.22 bits per heavy atom.